The average molecular weight is 381 g/mol. The molecule has 0 amide bonds. The van der Waals surface area contributed by atoms with Crippen LogP contribution in [0.1, 0.15) is 16.7 Å². The fraction of sp³-hybridized carbons (Fsp3) is 0.185. The molecule has 0 aliphatic heterocycles. The van der Waals surface area contributed by atoms with Crippen molar-refractivity contribution in [2.75, 3.05) is 13.1 Å². The zero-order valence-corrected chi connectivity index (χ0v) is 17.0. The summed E-state index contributed by atoms with van der Waals surface area (Å²) in [6.07, 6.45) is 7.83. The lowest BCUT2D eigenvalue weighted by Crippen LogP contribution is -2.25. The predicted molar refractivity (Wildman–Crippen MR) is 124 cm³/mol. The summed E-state index contributed by atoms with van der Waals surface area (Å²) in [5.41, 5.74) is 5.34. The molecule has 0 unspecified atom stereocenters. The molecule has 0 aliphatic carbocycles. The summed E-state index contributed by atoms with van der Waals surface area (Å²) < 4.78 is 2.24. The van der Waals surface area contributed by atoms with Crippen molar-refractivity contribution in [1.29, 1.82) is 0 Å². The Labute approximate surface area is 173 Å². The van der Waals surface area contributed by atoms with Gasteiger partial charge in [0.2, 0.25) is 0 Å². The lowest BCUT2D eigenvalue weighted by atomic mass is 10.1. The summed E-state index contributed by atoms with van der Waals surface area (Å²) in [4.78, 5) is 2.52. The van der Waals surface area contributed by atoms with Crippen LogP contribution in [0.4, 0.5) is 0 Å². The van der Waals surface area contributed by atoms with Crippen LogP contribution >= 0.6 is 0 Å². The lowest BCUT2D eigenvalue weighted by molar-refractivity contribution is 0.299. The van der Waals surface area contributed by atoms with E-state index in [4.69, 9.17) is 0 Å². The van der Waals surface area contributed by atoms with Crippen LogP contribution in [0.5, 0.6) is 0 Å². The summed E-state index contributed by atoms with van der Waals surface area (Å²) in [6, 6.07) is 30.0. The number of fused-ring (bicyclic) bond motifs is 1. The van der Waals surface area contributed by atoms with E-state index < -0.39 is 0 Å². The number of rotatable bonds is 8. The third kappa shape index (κ3) is 5.04. The molecule has 146 valence electrons. The van der Waals surface area contributed by atoms with Crippen LogP contribution < -0.4 is 0 Å². The van der Waals surface area contributed by atoms with E-state index in [1.165, 1.54) is 27.6 Å². The molecule has 4 rings (SSSR count). The van der Waals surface area contributed by atoms with Gasteiger partial charge in [-0.05, 0) is 29.2 Å². The maximum atomic E-state index is 2.52. The smallest absolute Gasteiger partial charge is 0.0480 e. The largest absolute Gasteiger partial charge is 0.350 e. The predicted octanol–water partition coefficient (Wildman–Crippen LogP) is 5.94. The average Bonchev–Trinajstić information content (AvgIpc) is 3.09. The van der Waals surface area contributed by atoms with Crippen LogP contribution in [0.3, 0.4) is 0 Å². The number of benzene rings is 3. The normalized spacial score (nSPS) is 11.7. The van der Waals surface area contributed by atoms with E-state index in [0.29, 0.717) is 0 Å². The van der Waals surface area contributed by atoms with Crippen molar-refractivity contribution in [1.82, 2.24) is 9.47 Å². The fourth-order valence-electron chi connectivity index (χ4n) is 3.88. The minimum atomic E-state index is 0.939. The summed E-state index contributed by atoms with van der Waals surface area (Å²) in [6.45, 7) is 2.93. The van der Waals surface area contributed by atoms with Gasteiger partial charge in [-0.15, -0.1) is 0 Å². The molecule has 4 aromatic rings. The molecule has 0 fully saturated rings. The van der Waals surface area contributed by atoms with E-state index in [9.17, 15) is 0 Å². The van der Waals surface area contributed by atoms with Gasteiger partial charge in [0.15, 0.2) is 0 Å². The van der Waals surface area contributed by atoms with Gasteiger partial charge in [-0.25, -0.2) is 0 Å². The van der Waals surface area contributed by atoms with Crippen molar-refractivity contribution in [2.45, 2.75) is 13.0 Å². The number of aryl methyl sites for hydroxylation is 1. The third-order valence-electron chi connectivity index (χ3n) is 5.40. The Morgan fingerprint density at radius 1 is 0.828 bits per heavy atom. The highest BCUT2D eigenvalue weighted by Crippen LogP contribution is 2.21. The van der Waals surface area contributed by atoms with Gasteiger partial charge in [0.05, 0.1) is 0 Å². The fourth-order valence-corrected chi connectivity index (χ4v) is 3.88. The van der Waals surface area contributed by atoms with Crippen LogP contribution in [0.25, 0.3) is 17.0 Å². The molecular formula is C27H28N2. The van der Waals surface area contributed by atoms with E-state index in [0.717, 1.165) is 26.1 Å². The van der Waals surface area contributed by atoms with Crippen molar-refractivity contribution in [2.24, 2.45) is 7.05 Å². The Balaban J connectivity index is 1.47. The minimum Gasteiger partial charge on any atom is -0.350 e. The standard InChI is InChI=1S/C27H28N2/c1-28-22-25(26-16-8-9-17-27(26)28)18-20-29(21-24-13-6-3-7-14-24)19-10-15-23-11-4-2-5-12-23/h2-17,22H,18-21H2,1H3/b15-10+. The summed E-state index contributed by atoms with van der Waals surface area (Å²) in [5.74, 6) is 0. The number of nitrogens with zero attached hydrogens (tertiary/aromatic N) is 2. The Kier molecular flexibility index (Phi) is 6.23. The van der Waals surface area contributed by atoms with Crippen LogP contribution in [0, 0.1) is 0 Å². The molecular weight excluding hydrogens is 352 g/mol. The molecule has 0 atom stereocenters. The van der Waals surface area contributed by atoms with E-state index in [1.807, 2.05) is 0 Å². The zero-order valence-electron chi connectivity index (χ0n) is 17.0. The summed E-state index contributed by atoms with van der Waals surface area (Å²) >= 11 is 0. The van der Waals surface area contributed by atoms with Crippen LogP contribution in [0.2, 0.25) is 0 Å². The van der Waals surface area contributed by atoms with Gasteiger partial charge >= 0.3 is 0 Å². The maximum Gasteiger partial charge on any atom is 0.0480 e. The van der Waals surface area contributed by atoms with Gasteiger partial charge in [0.1, 0.15) is 0 Å². The van der Waals surface area contributed by atoms with Crippen molar-refractivity contribution < 1.29 is 0 Å². The van der Waals surface area contributed by atoms with Crippen molar-refractivity contribution in [3.05, 3.63) is 114 Å². The SMILES string of the molecule is Cn1cc(CCN(C/C=C/c2ccccc2)Cc2ccccc2)c2ccccc21. The summed E-state index contributed by atoms with van der Waals surface area (Å²) in [7, 11) is 2.14. The third-order valence-corrected chi connectivity index (χ3v) is 5.40. The first-order chi connectivity index (χ1) is 14.3. The van der Waals surface area contributed by atoms with E-state index in [-0.39, 0.29) is 0 Å². The Morgan fingerprint density at radius 3 is 2.31 bits per heavy atom. The molecule has 0 spiro atoms. The molecule has 0 bridgehead atoms. The molecule has 0 saturated heterocycles. The summed E-state index contributed by atoms with van der Waals surface area (Å²) in [5, 5.41) is 1.37. The maximum absolute atomic E-state index is 2.52. The highest BCUT2D eigenvalue weighted by Gasteiger charge is 2.09. The first-order valence-corrected chi connectivity index (χ1v) is 10.3. The Hall–Kier alpha value is -3.10. The molecule has 0 N–H and O–H groups in total. The van der Waals surface area contributed by atoms with E-state index in [1.54, 1.807) is 0 Å². The number of hydrogen-bond donors (Lipinski definition) is 0. The van der Waals surface area contributed by atoms with Crippen LogP contribution in [-0.2, 0) is 20.0 Å². The molecule has 2 heteroatoms. The lowest BCUT2D eigenvalue weighted by Gasteiger charge is -2.21. The second-order valence-corrected chi connectivity index (χ2v) is 7.57. The molecule has 1 aromatic heterocycles. The van der Waals surface area contributed by atoms with Gasteiger partial charge < -0.3 is 4.57 Å². The number of hydrogen-bond acceptors (Lipinski definition) is 1. The van der Waals surface area contributed by atoms with E-state index >= 15 is 0 Å². The monoisotopic (exact) mass is 380 g/mol. The first kappa shape index (κ1) is 19.2. The minimum absolute atomic E-state index is 0.939. The van der Waals surface area contributed by atoms with Gasteiger partial charge in [-0.2, -0.15) is 0 Å². The zero-order chi connectivity index (χ0) is 19.9. The quantitative estimate of drug-likeness (QED) is 0.367. The highest BCUT2D eigenvalue weighted by molar-refractivity contribution is 5.83. The number of aromatic nitrogens is 1. The molecule has 0 saturated carbocycles. The molecule has 1 heterocycles. The second-order valence-electron chi connectivity index (χ2n) is 7.57. The molecule has 29 heavy (non-hydrogen) atoms. The molecule has 0 radical (unpaired) electrons. The first-order valence-electron chi connectivity index (χ1n) is 10.3. The van der Waals surface area contributed by atoms with E-state index in [2.05, 4.69) is 120 Å². The second kappa shape index (κ2) is 9.40. The van der Waals surface area contributed by atoms with Crippen LogP contribution in [0.15, 0.2) is 97.2 Å². The van der Waals surface area contributed by atoms with Gasteiger partial charge in [0, 0.05) is 43.8 Å². The van der Waals surface area contributed by atoms with Crippen molar-refractivity contribution in [3.8, 4) is 0 Å². The van der Waals surface area contributed by atoms with Crippen molar-refractivity contribution in [3.63, 3.8) is 0 Å². The Bertz CT molecular complexity index is 1060. The Morgan fingerprint density at radius 2 is 1.52 bits per heavy atom. The van der Waals surface area contributed by atoms with Crippen molar-refractivity contribution >= 4 is 17.0 Å². The van der Waals surface area contributed by atoms with Gasteiger partial charge in [0.25, 0.3) is 0 Å². The molecule has 2 nitrogen and oxygen atoms in total. The van der Waals surface area contributed by atoms with Gasteiger partial charge in [-0.1, -0.05) is 91.0 Å². The van der Waals surface area contributed by atoms with Gasteiger partial charge in [-0.3, -0.25) is 4.90 Å². The molecule has 3 aromatic carbocycles. The highest BCUT2D eigenvalue weighted by atomic mass is 15.1. The topological polar surface area (TPSA) is 8.17 Å². The number of para-hydroxylation sites is 1. The molecule has 0 aliphatic rings. The van der Waals surface area contributed by atoms with Crippen LogP contribution in [-0.4, -0.2) is 22.6 Å².